The minimum atomic E-state index is -0.902. The van der Waals surface area contributed by atoms with Crippen molar-refractivity contribution in [1.29, 1.82) is 0 Å². The molecule has 0 spiro atoms. The molecule has 0 aromatic heterocycles. The Morgan fingerprint density at radius 3 is 2.42 bits per heavy atom. The Bertz CT molecular complexity index is 837. The highest BCUT2D eigenvalue weighted by Crippen LogP contribution is 2.42. The maximum atomic E-state index is 12.6. The Balaban J connectivity index is 1.79. The number of rotatable bonds is 4. The Labute approximate surface area is 161 Å². The first-order valence-electron chi connectivity index (χ1n) is 8.35. The first kappa shape index (κ1) is 18.8. The Morgan fingerprint density at radius 2 is 1.81 bits per heavy atom. The summed E-state index contributed by atoms with van der Waals surface area (Å²) in [4.78, 5) is 24.5. The summed E-state index contributed by atoms with van der Waals surface area (Å²) in [5.41, 5.74) is 3.62. The van der Waals surface area contributed by atoms with E-state index >= 15 is 0 Å². The van der Waals surface area contributed by atoms with Crippen LogP contribution < -0.4 is 5.32 Å². The first-order chi connectivity index (χ1) is 12.4. The van der Waals surface area contributed by atoms with Crippen molar-refractivity contribution in [1.82, 2.24) is 5.32 Å². The van der Waals surface area contributed by atoms with Gasteiger partial charge < -0.3 is 10.4 Å². The molecule has 2 N–H and O–H groups in total. The molecule has 1 saturated heterocycles. The van der Waals surface area contributed by atoms with Gasteiger partial charge in [-0.3, -0.25) is 9.59 Å². The van der Waals surface area contributed by atoms with E-state index in [0.717, 1.165) is 16.7 Å². The number of carboxylic acid groups (broad SMARTS) is 1. The number of halogens is 1. The Hall–Kier alpha value is -1.98. The van der Waals surface area contributed by atoms with Gasteiger partial charge in [-0.15, -0.1) is 11.8 Å². The fourth-order valence-corrected chi connectivity index (χ4v) is 4.81. The van der Waals surface area contributed by atoms with Crippen molar-refractivity contribution in [2.75, 3.05) is 5.75 Å². The van der Waals surface area contributed by atoms with Crippen LogP contribution in [0.1, 0.15) is 33.0 Å². The Morgan fingerprint density at radius 1 is 1.12 bits per heavy atom. The molecule has 2 aromatic carbocycles. The number of carbonyl (C=O) groups excluding carboxylic acids is 1. The highest BCUT2D eigenvalue weighted by molar-refractivity contribution is 8.00. The number of hydrogen-bond donors (Lipinski definition) is 2. The van der Waals surface area contributed by atoms with E-state index < -0.39 is 17.3 Å². The number of thioether (sulfide) groups is 1. The first-order valence-corrected chi connectivity index (χ1v) is 9.77. The average Bonchev–Trinajstić information content (AvgIpc) is 3.01. The van der Waals surface area contributed by atoms with Crippen LogP contribution in [-0.4, -0.2) is 28.1 Å². The standard InChI is InChI=1S/C20H20ClNO3S/c1-11-3-4-14(9-12(11)2)18(23)22-19-17(20(24)25)16(10-26-19)13-5-7-15(21)8-6-13/h3-9,16-17,19H,10H2,1-2H3,(H,22,23)(H,24,25). The summed E-state index contributed by atoms with van der Waals surface area (Å²) in [5.74, 6) is -1.36. The molecule has 1 amide bonds. The van der Waals surface area contributed by atoms with E-state index in [1.165, 1.54) is 11.8 Å². The third-order valence-electron chi connectivity index (χ3n) is 4.84. The van der Waals surface area contributed by atoms with Gasteiger partial charge >= 0.3 is 5.97 Å². The maximum absolute atomic E-state index is 12.6. The van der Waals surface area contributed by atoms with Crippen LogP contribution >= 0.6 is 23.4 Å². The predicted molar refractivity (Wildman–Crippen MR) is 105 cm³/mol. The molecule has 3 rings (SSSR count). The molecule has 1 heterocycles. The van der Waals surface area contributed by atoms with Crippen molar-refractivity contribution in [3.8, 4) is 0 Å². The molecule has 26 heavy (non-hydrogen) atoms. The van der Waals surface area contributed by atoms with Crippen molar-refractivity contribution in [3.63, 3.8) is 0 Å². The second kappa shape index (κ2) is 7.72. The van der Waals surface area contributed by atoms with Gasteiger partial charge in [-0.2, -0.15) is 0 Å². The van der Waals surface area contributed by atoms with Crippen LogP contribution in [0.2, 0.25) is 5.02 Å². The fraction of sp³-hybridized carbons (Fsp3) is 0.300. The number of aryl methyl sites for hydroxylation is 2. The smallest absolute Gasteiger partial charge is 0.310 e. The summed E-state index contributed by atoms with van der Waals surface area (Å²) < 4.78 is 0. The lowest BCUT2D eigenvalue weighted by atomic mass is 9.87. The molecular weight excluding hydrogens is 370 g/mol. The normalized spacial score (nSPS) is 22.2. The molecule has 0 bridgehead atoms. The van der Waals surface area contributed by atoms with Gasteiger partial charge in [0.25, 0.3) is 5.91 Å². The van der Waals surface area contributed by atoms with Gasteiger partial charge in [0.15, 0.2) is 0 Å². The van der Waals surface area contributed by atoms with Crippen molar-refractivity contribution in [2.45, 2.75) is 25.1 Å². The van der Waals surface area contributed by atoms with Crippen molar-refractivity contribution < 1.29 is 14.7 Å². The minimum absolute atomic E-state index is 0.167. The molecule has 0 radical (unpaired) electrons. The van der Waals surface area contributed by atoms with Crippen molar-refractivity contribution >= 4 is 35.2 Å². The van der Waals surface area contributed by atoms with Crippen LogP contribution in [-0.2, 0) is 4.79 Å². The summed E-state index contributed by atoms with van der Waals surface area (Å²) in [6.45, 7) is 3.94. The molecule has 3 atom stereocenters. The van der Waals surface area contributed by atoms with E-state index in [9.17, 15) is 14.7 Å². The number of benzene rings is 2. The highest BCUT2D eigenvalue weighted by Gasteiger charge is 2.43. The molecule has 1 fully saturated rings. The van der Waals surface area contributed by atoms with Gasteiger partial charge in [-0.05, 0) is 54.8 Å². The van der Waals surface area contributed by atoms with Gasteiger partial charge in [0.05, 0.1) is 11.3 Å². The third-order valence-corrected chi connectivity index (χ3v) is 6.41. The number of carboxylic acids is 1. The molecule has 1 aliphatic heterocycles. The minimum Gasteiger partial charge on any atom is -0.481 e. The van der Waals surface area contributed by atoms with Crippen LogP contribution in [0.4, 0.5) is 0 Å². The van der Waals surface area contributed by atoms with E-state index in [1.54, 1.807) is 18.2 Å². The maximum Gasteiger partial charge on any atom is 0.310 e. The number of hydrogen-bond acceptors (Lipinski definition) is 3. The SMILES string of the molecule is Cc1ccc(C(=O)NC2SCC(c3ccc(Cl)cc3)C2C(=O)O)cc1C. The van der Waals surface area contributed by atoms with E-state index in [4.69, 9.17) is 11.6 Å². The second-order valence-corrected chi connectivity index (χ2v) is 8.16. The molecule has 6 heteroatoms. The monoisotopic (exact) mass is 389 g/mol. The van der Waals surface area contributed by atoms with E-state index in [0.29, 0.717) is 16.3 Å². The third kappa shape index (κ3) is 3.89. The largest absolute Gasteiger partial charge is 0.481 e. The number of amides is 1. The predicted octanol–water partition coefficient (Wildman–Crippen LogP) is 4.24. The Kier molecular flexibility index (Phi) is 5.58. The van der Waals surface area contributed by atoms with E-state index in [2.05, 4.69) is 5.32 Å². The quantitative estimate of drug-likeness (QED) is 0.820. The number of nitrogens with one attached hydrogen (secondary N) is 1. The lowest BCUT2D eigenvalue weighted by molar-refractivity contribution is -0.142. The van der Waals surface area contributed by atoms with Gasteiger partial charge in [0, 0.05) is 22.3 Å². The van der Waals surface area contributed by atoms with Crippen LogP contribution in [0, 0.1) is 19.8 Å². The highest BCUT2D eigenvalue weighted by atomic mass is 35.5. The van der Waals surface area contributed by atoms with Gasteiger partial charge in [0.2, 0.25) is 0 Å². The molecule has 4 nitrogen and oxygen atoms in total. The summed E-state index contributed by atoms with van der Waals surface area (Å²) in [5, 5.41) is 12.8. The summed E-state index contributed by atoms with van der Waals surface area (Å²) in [7, 11) is 0. The zero-order chi connectivity index (χ0) is 18.8. The summed E-state index contributed by atoms with van der Waals surface area (Å²) in [6, 6.07) is 12.7. The molecule has 3 unspecified atom stereocenters. The molecule has 136 valence electrons. The zero-order valence-corrected chi connectivity index (χ0v) is 16.1. The van der Waals surface area contributed by atoms with Gasteiger partial charge in [-0.1, -0.05) is 29.8 Å². The lowest BCUT2D eigenvalue weighted by Crippen LogP contribution is -2.40. The number of aliphatic carboxylic acids is 1. The summed E-state index contributed by atoms with van der Waals surface area (Å²) in [6.07, 6.45) is 0. The number of carbonyl (C=O) groups is 2. The molecular formula is C20H20ClNO3S. The van der Waals surface area contributed by atoms with E-state index in [-0.39, 0.29) is 11.8 Å². The topological polar surface area (TPSA) is 66.4 Å². The summed E-state index contributed by atoms with van der Waals surface area (Å²) >= 11 is 7.40. The van der Waals surface area contributed by atoms with Crippen LogP contribution in [0.25, 0.3) is 0 Å². The molecule has 2 aromatic rings. The van der Waals surface area contributed by atoms with Crippen LogP contribution in [0.3, 0.4) is 0 Å². The van der Waals surface area contributed by atoms with E-state index in [1.807, 2.05) is 38.1 Å². The van der Waals surface area contributed by atoms with Crippen LogP contribution in [0.15, 0.2) is 42.5 Å². The zero-order valence-electron chi connectivity index (χ0n) is 14.5. The van der Waals surface area contributed by atoms with Gasteiger partial charge in [0.1, 0.15) is 0 Å². The van der Waals surface area contributed by atoms with Crippen LogP contribution in [0.5, 0.6) is 0 Å². The van der Waals surface area contributed by atoms with Crippen molar-refractivity contribution in [2.24, 2.45) is 5.92 Å². The lowest BCUT2D eigenvalue weighted by Gasteiger charge is -2.21. The van der Waals surface area contributed by atoms with Crippen molar-refractivity contribution in [3.05, 3.63) is 69.7 Å². The fourth-order valence-electron chi connectivity index (χ4n) is 3.17. The molecule has 1 aliphatic rings. The molecule has 0 aliphatic carbocycles. The molecule has 0 saturated carbocycles. The second-order valence-electron chi connectivity index (χ2n) is 6.55. The van der Waals surface area contributed by atoms with Gasteiger partial charge in [-0.25, -0.2) is 0 Å². The average molecular weight is 390 g/mol.